The first-order chi connectivity index (χ1) is 14.0. The molecule has 2 aromatic heterocycles. The average molecular weight is 401 g/mol. The summed E-state index contributed by atoms with van der Waals surface area (Å²) in [6.07, 6.45) is 0.261. The van der Waals surface area contributed by atoms with Crippen molar-refractivity contribution < 1.29 is 22.7 Å². The zero-order valence-corrected chi connectivity index (χ0v) is 16.1. The fraction of sp³-hybridized carbons (Fsp3) is 0.333. The van der Waals surface area contributed by atoms with Crippen LogP contribution in [-0.2, 0) is 11.2 Å². The lowest BCUT2D eigenvalue weighted by atomic mass is 9.98. The molecule has 2 N–H and O–H groups in total. The lowest BCUT2D eigenvalue weighted by Gasteiger charge is -2.23. The van der Waals surface area contributed by atoms with Crippen LogP contribution in [0.1, 0.15) is 21.6 Å². The Morgan fingerprint density at radius 3 is 2.72 bits per heavy atom. The van der Waals surface area contributed by atoms with Crippen molar-refractivity contribution in [2.24, 2.45) is 0 Å². The van der Waals surface area contributed by atoms with Crippen LogP contribution in [0.5, 0.6) is 0 Å². The van der Waals surface area contributed by atoms with E-state index in [9.17, 15) is 13.6 Å². The van der Waals surface area contributed by atoms with Crippen molar-refractivity contribution in [1.82, 2.24) is 15.6 Å². The standard InChI is InChI=1S/C21H21F2N3O3/c1-11-3-4-14-15(9-13-10-25-5-6-28-13)19(29-21(14)26-11)18-16(22)7-12(8-17(18)23)20(27)24-2/h3-4,7-8,13,25H,5-6,9-10H2,1-2H3,(H,24,27)/t13-/m0/s1. The van der Waals surface area contributed by atoms with Crippen LogP contribution in [0.3, 0.4) is 0 Å². The number of fused-ring (bicyclic) bond motifs is 1. The first-order valence-electron chi connectivity index (χ1n) is 9.40. The van der Waals surface area contributed by atoms with Crippen LogP contribution in [0, 0.1) is 18.6 Å². The Labute approximate surface area is 166 Å². The Kier molecular flexibility index (Phi) is 5.29. The van der Waals surface area contributed by atoms with Crippen LogP contribution >= 0.6 is 0 Å². The molecule has 4 rings (SSSR count). The van der Waals surface area contributed by atoms with E-state index < -0.39 is 17.5 Å². The molecule has 1 aliphatic heterocycles. The Hall–Kier alpha value is -2.84. The van der Waals surface area contributed by atoms with Crippen molar-refractivity contribution in [2.45, 2.75) is 19.4 Å². The fourth-order valence-corrected chi connectivity index (χ4v) is 3.57. The number of morpholine rings is 1. The SMILES string of the molecule is CNC(=O)c1cc(F)c(-c2oc3nc(C)ccc3c2C[C@H]2CNCCO2)c(F)c1. The van der Waals surface area contributed by atoms with E-state index in [0.29, 0.717) is 36.2 Å². The molecule has 1 aliphatic rings. The minimum atomic E-state index is -0.872. The van der Waals surface area contributed by atoms with E-state index in [1.807, 2.05) is 19.1 Å². The lowest BCUT2D eigenvalue weighted by Crippen LogP contribution is -2.39. The van der Waals surface area contributed by atoms with Crippen LogP contribution in [-0.4, -0.2) is 43.7 Å². The van der Waals surface area contributed by atoms with E-state index in [1.54, 1.807) is 0 Å². The Bertz CT molecular complexity index is 1050. The molecular weight excluding hydrogens is 380 g/mol. The number of nitrogens with zero attached hydrogens (tertiary/aromatic N) is 1. The number of furan rings is 1. The Morgan fingerprint density at radius 1 is 1.31 bits per heavy atom. The molecule has 1 aromatic carbocycles. The molecule has 1 saturated heterocycles. The number of halogens is 2. The molecule has 3 heterocycles. The fourth-order valence-electron chi connectivity index (χ4n) is 3.57. The monoisotopic (exact) mass is 401 g/mol. The van der Waals surface area contributed by atoms with Gasteiger partial charge in [-0.2, -0.15) is 0 Å². The molecule has 1 fully saturated rings. The van der Waals surface area contributed by atoms with Gasteiger partial charge in [0, 0.05) is 48.8 Å². The molecule has 152 valence electrons. The number of hydrogen-bond donors (Lipinski definition) is 2. The number of hydrogen-bond acceptors (Lipinski definition) is 5. The number of nitrogens with one attached hydrogen (secondary N) is 2. The Morgan fingerprint density at radius 2 is 2.07 bits per heavy atom. The summed E-state index contributed by atoms with van der Waals surface area (Å²) in [6, 6.07) is 5.68. The number of pyridine rings is 1. The van der Waals surface area contributed by atoms with Gasteiger partial charge in [-0.25, -0.2) is 13.8 Å². The summed E-state index contributed by atoms with van der Waals surface area (Å²) >= 11 is 0. The first kappa shape index (κ1) is 19.5. The summed E-state index contributed by atoms with van der Waals surface area (Å²) in [4.78, 5) is 16.1. The van der Waals surface area contributed by atoms with Crippen LogP contribution in [0.4, 0.5) is 8.78 Å². The minimum absolute atomic E-state index is 0.0748. The highest BCUT2D eigenvalue weighted by atomic mass is 19.1. The second-order valence-corrected chi connectivity index (χ2v) is 7.01. The van der Waals surface area contributed by atoms with Crippen molar-refractivity contribution in [3.05, 3.63) is 52.7 Å². The van der Waals surface area contributed by atoms with Gasteiger partial charge in [-0.1, -0.05) is 0 Å². The molecule has 0 saturated carbocycles. The zero-order valence-electron chi connectivity index (χ0n) is 16.1. The summed E-state index contributed by atoms with van der Waals surface area (Å²) < 4.78 is 41.4. The molecule has 8 heteroatoms. The van der Waals surface area contributed by atoms with E-state index in [4.69, 9.17) is 9.15 Å². The number of aromatic nitrogens is 1. The molecular formula is C21H21F2N3O3. The van der Waals surface area contributed by atoms with Gasteiger partial charge in [0.15, 0.2) is 0 Å². The molecule has 0 radical (unpaired) electrons. The number of benzene rings is 1. The molecule has 1 amide bonds. The van der Waals surface area contributed by atoms with Gasteiger partial charge in [0.05, 0.1) is 18.3 Å². The maximum absolute atomic E-state index is 14.9. The van der Waals surface area contributed by atoms with Gasteiger partial charge in [0.2, 0.25) is 5.71 Å². The largest absolute Gasteiger partial charge is 0.437 e. The summed E-state index contributed by atoms with van der Waals surface area (Å²) in [6.45, 7) is 3.78. The van der Waals surface area contributed by atoms with Gasteiger partial charge in [-0.05, 0) is 31.2 Å². The molecule has 6 nitrogen and oxygen atoms in total. The predicted octanol–water partition coefficient (Wildman–Crippen LogP) is 2.97. The molecule has 0 aliphatic carbocycles. The number of amides is 1. The second kappa shape index (κ2) is 7.88. The van der Waals surface area contributed by atoms with Crippen LogP contribution in [0.25, 0.3) is 22.4 Å². The zero-order chi connectivity index (χ0) is 20.5. The first-order valence-corrected chi connectivity index (χ1v) is 9.40. The third kappa shape index (κ3) is 3.73. The summed E-state index contributed by atoms with van der Waals surface area (Å²) in [7, 11) is 1.40. The third-order valence-electron chi connectivity index (χ3n) is 4.99. The highest BCUT2D eigenvalue weighted by molar-refractivity contribution is 5.95. The summed E-state index contributed by atoms with van der Waals surface area (Å²) in [5.41, 5.74) is 1.26. The summed E-state index contributed by atoms with van der Waals surface area (Å²) in [5.74, 6) is -2.24. The van der Waals surface area contributed by atoms with Crippen LogP contribution in [0.2, 0.25) is 0 Å². The third-order valence-corrected chi connectivity index (χ3v) is 4.99. The second-order valence-electron chi connectivity index (χ2n) is 7.01. The van der Waals surface area contributed by atoms with Gasteiger partial charge in [-0.3, -0.25) is 4.79 Å². The molecule has 29 heavy (non-hydrogen) atoms. The maximum Gasteiger partial charge on any atom is 0.251 e. The molecule has 0 bridgehead atoms. The number of carbonyl (C=O) groups is 1. The number of aryl methyl sites for hydroxylation is 1. The van der Waals surface area contributed by atoms with E-state index in [1.165, 1.54) is 7.05 Å². The highest BCUT2D eigenvalue weighted by Crippen LogP contribution is 2.37. The minimum Gasteiger partial charge on any atom is -0.437 e. The van der Waals surface area contributed by atoms with E-state index in [0.717, 1.165) is 24.4 Å². The van der Waals surface area contributed by atoms with E-state index in [-0.39, 0.29) is 23.0 Å². The van der Waals surface area contributed by atoms with Gasteiger partial charge >= 0.3 is 0 Å². The molecule has 0 unspecified atom stereocenters. The molecule has 3 aromatic rings. The van der Waals surface area contributed by atoms with Gasteiger partial charge < -0.3 is 19.8 Å². The van der Waals surface area contributed by atoms with Gasteiger partial charge in [0.25, 0.3) is 5.91 Å². The maximum atomic E-state index is 14.9. The average Bonchev–Trinajstić information content (AvgIpc) is 3.04. The van der Waals surface area contributed by atoms with Crippen LogP contribution < -0.4 is 10.6 Å². The molecule has 0 spiro atoms. The normalized spacial score (nSPS) is 16.9. The van der Waals surface area contributed by atoms with Crippen molar-refractivity contribution in [1.29, 1.82) is 0 Å². The summed E-state index contributed by atoms with van der Waals surface area (Å²) in [5, 5.41) is 6.30. The van der Waals surface area contributed by atoms with Crippen molar-refractivity contribution in [3.8, 4) is 11.3 Å². The topological polar surface area (TPSA) is 76.4 Å². The lowest BCUT2D eigenvalue weighted by molar-refractivity contribution is 0.0294. The number of rotatable bonds is 4. The number of carbonyl (C=O) groups excluding carboxylic acids is 1. The van der Waals surface area contributed by atoms with Gasteiger partial charge in [0.1, 0.15) is 17.4 Å². The van der Waals surface area contributed by atoms with Crippen molar-refractivity contribution in [3.63, 3.8) is 0 Å². The highest BCUT2D eigenvalue weighted by Gasteiger charge is 2.27. The van der Waals surface area contributed by atoms with Gasteiger partial charge in [-0.15, -0.1) is 0 Å². The van der Waals surface area contributed by atoms with Crippen molar-refractivity contribution >= 4 is 17.0 Å². The van der Waals surface area contributed by atoms with E-state index >= 15 is 0 Å². The van der Waals surface area contributed by atoms with E-state index in [2.05, 4.69) is 15.6 Å². The molecule has 1 atom stereocenters. The quantitative estimate of drug-likeness (QED) is 0.703. The van der Waals surface area contributed by atoms with Crippen LogP contribution in [0.15, 0.2) is 28.7 Å². The smallest absolute Gasteiger partial charge is 0.251 e. The van der Waals surface area contributed by atoms with Crippen molar-refractivity contribution in [2.75, 3.05) is 26.7 Å². The number of ether oxygens (including phenoxy) is 1. The predicted molar refractivity (Wildman–Crippen MR) is 104 cm³/mol. The Balaban J connectivity index is 1.86.